The molecule has 9 nitrogen and oxygen atoms in total. The standard InChI is InChI=1S/C27H24F3N5O4/c1-33-22-8-7-21(14-17(22)15-23(33)25(36)34-10-12-35(13-11-34)26(37)38)39-24-9-6-20(16-31-24)32-19-4-2-18(3-5-19)27(28,29)30/h2-9,14-16,32H,10-13H2,1H3,(H,37,38). The van der Waals surface area contributed by atoms with Crippen LogP contribution >= 0.6 is 0 Å². The highest BCUT2D eigenvalue weighted by atomic mass is 19.4. The van der Waals surface area contributed by atoms with Crippen LogP contribution in [-0.2, 0) is 13.2 Å². The van der Waals surface area contributed by atoms with Crippen molar-refractivity contribution in [1.29, 1.82) is 0 Å². The number of nitrogens with zero attached hydrogens (tertiary/aromatic N) is 4. The lowest BCUT2D eigenvalue weighted by atomic mass is 10.2. The first-order valence-corrected chi connectivity index (χ1v) is 12.0. The van der Waals surface area contributed by atoms with E-state index in [1.807, 2.05) is 6.07 Å². The number of carbonyl (C=O) groups excluding carboxylic acids is 1. The number of aryl methyl sites for hydroxylation is 1. The summed E-state index contributed by atoms with van der Waals surface area (Å²) < 4.78 is 45.9. The van der Waals surface area contributed by atoms with Crippen LogP contribution in [0.25, 0.3) is 10.9 Å². The number of fused-ring (bicyclic) bond motifs is 1. The summed E-state index contributed by atoms with van der Waals surface area (Å²) in [5.74, 6) is 0.660. The van der Waals surface area contributed by atoms with Gasteiger partial charge in [0.05, 0.1) is 17.4 Å². The quantitative estimate of drug-likeness (QED) is 0.344. The molecule has 39 heavy (non-hydrogen) atoms. The topological polar surface area (TPSA) is 99.9 Å². The number of ether oxygens (including phenoxy) is 1. The third-order valence-electron chi connectivity index (χ3n) is 6.53. The number of benzene rings is 2. The van der Waals surface area contributed by atoms with Gasteiger partial charge in [0.2, 0.25) is 5.88 Å². The highest BCUT2D eigenvalue weighted by molar-refractivity contribution is 5.99. The molecule has 5 rings (SSSR count). The van der Waals surface area contributed by atoms with Gasteiger partial charge in [-0.25, -0.2) is 9.78 Å². The summed E-state index contributed by atoms with van der Waals surface area (Å²) in [6, 6.07) is 15.2. The lowest BCUT2D eigenvalue weighted by Gasteiger charge is -2.33. The Kier molecular flexibility index (Phi) is 6.77. The molecule has 0 aliphatic carbocycles. The van der Waals surface area contributed by atoms with Gasteiger partial charge in [0.1, 0.15) is 11.4 Å². The Bertz CT molecular complexity index is 1510. The highest BCUT2D eigenvalue weighted by Gasteiger charge is 2.30. The van der Waals surface area contributed by atoms with Crippen molar-refractivity contribution < 1.29 is 32.6 Å². The van der Waals surface area contributed by atoms with E-state index in [0.29, 0.717) is 41.8 Å². The number of nitrogens with one attached hydrogen (secondary N) is 1. The number of hydrogen-bond donors (Lipinski definition) is 2. The number of halogens is 3. The molecule has 2 N–H and O–H groups in total. The zero-order chi connectivity index (χ0) is 27.7. The Morgan fingerprint density at radius 1 is 0.923 bits per heavy atom. The molecule has 202 valence electrons. The van der Waals surface area contributed by atoms with E-state index in [1.54, 1.807) is 46.8 Å². The van der Waals surface area contributed by atoms with E-state index in [-0.39, 0.29) is 19.0 Å². The van der Waals surface area contributed by atoms with Gasteiger partial charge >= 0.3 is 12.3 Å². The predicted octanol–water partition coefficient (Wildman–Crippen LogP) is 5.56. The Hall–Kier alpha value is -4.74. The Morgan fingerprint density at radius 3 is 2.21 bits per heavy atom. The first-order chi connectivity index (χ1) is 18.6. The molecule has 2 aromatic carbocycles. The number of aromatic nitrogens is 2. The molecule has 1 aliphatic rings. The maximum atomic E-state index is 13.1. The van der Waals surface area contributed by atoms with E-state index in [4.69, 9.17) is 9.84 Å². The molecular weight excluding hydrogens is 515 g/mol. The van der Waals surface area contributed by atoms with Crippen molar-refractivity contribution in [3.05, 3.63) is 78.1 Å². The average molecular weight is 540 g/mol. The molecule has 0 radical (unpaired) electrons. The van der Waals surface area contributed by atoms with Crippen LogP contribution in [-0.4, -0.2) is 62.6 Å². The molecule has 4 aromatic rings. The zero-order valence-corrected chi connectivity index (χ0v) is 20.8. The number of pyridine rings is 1. The van der Waals surface area contributed by atoms with Crippen molar-refractivity contribution in [2.24, 2.45) is 7.05 Å². The summed E-state index contributed by atoms with van der Waals surface area (Å²) >= 11 is 0. The molecule has 0 spiro atoms. The summed E-state index contributed by atoms with van der Waals surface area (Å²) in [5, 5.41) is 12.9. The molecule has 0 atom stereocenters. The Balaban J connectivity index is 1.25. The number of piperazine rings is 1. The zero-order valence-electron chi connectivity index (χ0n) is 20.8. The number of anilines is 2. The third-order valence-corrected chi connectivity index (χ3v) is 6.53. The molecule has 12 heteroatoms. The molecule has 0 saturated carbocycles. The minimum Gasteiger partial charge on any atom is -0.465 e. The van der Waals surface area contributed by atoms with Crippen LogP contribution in [0, 0.1) is 0 Å². The van der Waals surface area contributed by atoms with Gasteiger partial charge < -0.3 is 29.5 Å². The van der Waals surface area contributed by atoms with Gasteiger partial charge in [-0.1, -0.05) is 0 Å². The fraction of sp³-hybridized carbons (Fsp3) is 0.222. The largest absolute Gasteiger partial charge is 0.465 e. The maximum absolute atomic E-state index is 13.1. The number of carboxylic acid groups (broad SMARTS) is 1. The summed E-state index contributed by atoms with van der Waals surface area (Å²) in [5.41, 5.74) is 1.66. The van der Waals surface area contributed by atoms with Crippen LogP contribution in [0.1, 0.15) is 16.1 Å². The lowest BCUT2D eigenvalue weighted by Crippen LogP contribution is -2.50. The number of rotatable bonds is 5. The van der Waals surface area contributed by atoms with Gasteiger partial charge in [0.15, 0.2) is 0 Å². The monoisotopic (exact) mass is 539 g/mol. The van der Waals surface area contributed by atoms with Gasteiger partial charge in [-0.2, -0.15) is 13.2 Å². The fourth-order valence-electron chi connectivity index (χ4n) is 4.40. The van der Waals surface area contributed by atoms with Gasteiger partial charge in [0, 0.05) is 55.9 Å². The van der Waals surface area contributed by atoms with Crippen molar-refractivity contribution in [3.63, 3.8) is 0 Å². The van der Waals surface area contributed by atoms with E-state index < -0.39 is 17.8 Å². The van der Waals surface area contributed by atoms with Crippen LogP contribution < -0.4 is 10.1 Å². The Morgan fingerprint density at radius 2 is 1.59 bits per heavy atom. The first-order valence-electron chi connectivity index (χ1n) is 12.0. The summed E-state index contributed by atoms with van der Waals surface area (Å²) in [7, 11) is 1.80. The number of amides is 2. The second-order valence-corrected chi connectivity index (χ2v) is 9.06. The third kappa shape index (κ3) is 5.59. The van der Waals surface area contributed by atoms with Crippen LogP contribution in [0.5, 0.6) is 11.6 Å². The first kappa shape index (κ1) is 25.9. The van der Waals surface area contributed by atoms with Crippen molar-refractivity contribution in [2.75, 3.05) is 31.5 Å². The number of alkyl halides is 3. The van der Waals surface area contributed by atoms with Crippen LogP contribution in [0.3, 0.4) is 0 Å². The minimum absolute atomic E-state index is 0.168. The molecule has 0 bridgehead atoms. The van der Waals surface area contributed by atoms with Gasteiger partial charge in [-0.05, 0) is 54.6 Å². The summed E-state index contributed by atoms with van der Waals surface area (Å²) in [6.45, 7) is 1.20. The summed E-state index contributed by atoms with van der Waals surface area (Å²) in [4.78, 5) is 31.4. The van der Waals surface area contributed by atoms with E-state index >= 15 is 0 Å². The molecule has 2 amide bonds. The molecule has 0 unspecified atom stereocenters. The van der Waals surface area contributed by atoms with Gasteiger partial charge in [-0.3, -0.25) is 4.79 Å². The highest BCUT2D eigenvalue weighted by Crippen LogP contribution is 2.31. The molecule has 1 aliphatic heterocycles. The van der Waals surface area contributed by atoms with Crippen molar-refractivity contribution >= 4 is 34.3 Å². The predicted molar refractivity (Wildman–Crippen MR) is 137 cm³/mol. The van der Waals surface area contributed by atoms with Gasteiger partial charge in [-0.15, -0.1) is 0 Å². The lowest BCUT2D eigenvalue weighted by molar-refractivity contribution is -0.137. The average Bonchev–Trinajstić information content (AvgIpc) is 3.24. The van der Waals surface area contributed by atoms with E-state index in [0.717, 1.165) is 23.0 Å². The molecular formula is C27H24F3N5O4. The van der Waals surface area contributed by atoms with Crippen LogP contribution in [0.15, 0.2) is 66.9 Å². The smallest absolute Gasteiger partial charge is 0.416 e. The van der Waals surface area contributed by atoms with Crippen molar-refractivity contribution in [3.8, 4) is 11.6 Å². The van der Waals surface area contributed by atoms with Gasteiger partial charge in [0.25, 0.3) is 5.91 Å². The second-order valence-electron chi connectivity index (χ2n) is 9.06. The number of hydrogen-bond acceptors (Lipinski definition) is 5. The SMILES string of the molecule is Cn1c(C(=O)N2CCN(C(=O)O)CC2)cc2cc(Oc3ccc(Nc4ccc(C(F)(F)F)cc4)cn3)ccc21. The second kappa shape index (κ2) is 10.2. The Labute approximate surface area is 221 Å². The van der Waals surface area contributed by atoms with Crippen LogP contribution in [0.2, 0.25) is 0 Å². The fourth-order valence-corrected chi connectivity index (χ4v) is 4.40. The van der Waals surface area contributed by atoms with E-state index in [1.165, 1.54) is 23.2 Å². The summed E-state index contributed by atoms with van der Waals surface area (Å²) in [6.07, 6.45) is -3.87. The minimum atomic E-state index is -4.39. The normalized spacial score (nSPS) is 13.9. The molecule has 3 heterocycles. The van der Waals surface area contributed by atoms with E-state index in [9.17, 15) is 22.8 Å². The van der Waals surface area contributed by atoms with Crippen molar-refractivity contribution in [2.45, 2.75) is 6.18 Å². The molecule has 1 fully saturated rings. The maximum Gasteiger partial charge on any atom is 0.416 e. The number of carbonyl (C=O) groups is 2. The molecule has 1 saturated heterocycles. The molecule has 2 aromatic heterocycles. The van der Waals surface area contributed by atoms with E-state index in [2.05, 4.69) is 10.3 Å². The van der Waals surface area contributed by atoms with Crippen LogP contribution in [0.4, 0.5) is 29.3 Å². The van der Waals surface area contributed by atoms with Crippen molar-refractivity contribution in [1.82, 2.24) is 19.4 Å².